The van der Waals surface area contributed by atoms with E-state index in [4.69, 9.17) is 9.47 Å². The smallest absolute Gasteiger partial charge is 0.411 e. The fraction of sp³-hybridized carbons (Fsp3) is 0.517. The second-order valence-electron chi connectivity index (χ2n) is 11.3. The number of amides is 1. The third-order valence-corrected chi connectivity index (χ3v) is 9.21. The minimum atomic E-state index is -1.80. The molecule has 2 aromatic carbocycles. The summed E-state index contributed by atoms with van der Waals surface area (Å²) >= 11 is 0. The van der Waals surface area contributed by atoms with Crippen LogP contribution >= 0.6 is 0 Å². The number of carbonyl (C=O) groups excluding carboxylic acids is 2. The number of piperidine rings is 3. The van der Waals surface area contributed by atoms with Gasteiger partial charge in [-0.05, 0) is 23.1 Å². The predicted octanol–water partition coefficient (Wildman–Crippen LogP) is -0.0628. The number of aliphatic hydroxyl groups is 3. The van der Waals surface area contributed by atoms with Gasteiger partial charge in [0.15, 0.2) is 12.2 Å². The van der Waals surface area contributed by atoms with E-state index >= 15 is 0 Å². The van der Waals surface area contributed by atoms with Crippen molar-refractivity contribution in [2.75, 3.05) is 26.2 Å². The molecular weight excluding hydrogens is 504 g/mol. The van der Waals surface area contributed by atoms with Crippen molar-refractivity contribution in [1.82, 2.24) is 4.90 Å². The van der Waals surface area contributed by atoms with Gasteiger partial charge < -0.3 is 34.7 Å². The average Bonchev–Trinajstić information content (AvgIpc) is 2.96. The molecule has 7 unspecified atom stereocenters. The van der Waals surface area contributed by atoms with Crippen molar-refractivity contribution < 1.29 is 44.0 Å². The van der Waals surface area contributed by atoms with E-state index in [0.717, 1.165) is 17.5 Å². The summed E-state index contributed by atoms with van der Waals surface area (Å²) in [5.74, 6) is -1.52. The van der Waals surface area contributed by atoms with Crippen molar-refractivity contribution in [3.8, 4) is 0 Å². The first kappa shape index (κ1) is 26.2. The van der Waals surface area contributed by atoms with Crippen molar-refractivity contribution >= 4 is 12.1 Å². The number of carbonyl (C=O) groups is 2. The van der Waals surface area contributed by atoms with Crippen LogP contribution in [0.3, 0.4) is 0 Å². The highest BCUT2D eigenvalue weighted by molar-refractivity contribution is 5.71. The van der Waals surface area contributed by atoms with Crippen LogP contribution < -0.4 is 5.11 Å². The molecule has 208 valence electrons. The molecule has 4 saturated heterocycles. The average molecular weight is 539 g/mol. The summed E-state index contributed by atoms with van der Waals surface area (Å²) in [7, 11) is 0. The molecule has 2 aromatic rings. The number of carboxylic acid groups (broad SMARTS) is 1. The molecule has 0 aliphatic carbocycles. The maximum Gasteiger partial charge on any atom is 0.411 e. The van der Waals surface area contributed by atoms with Gasteiger partial charge in [-0.15, -0.1) is 0 Å². The summed E-state index contributed by atoms with van der Waals surface area (Å²) in [6, 6.07) is 17.7. The number of aliphatic hydroxyl groups excluding tert-OH is 3. The first-order chi connectivity index (χ1) is 18.8. The number of quaternary nitrogens is 1. The molecule has 2 bridgehead atoms. The fourth-order valence-electron chi connectivity index (χ4n) is 7.12. The summed E-state index contributed by atoms with van der Waals surface area (Å²) < 4.78 is 12.0. The fourth-order valence-corrected chi connectivity index (χ4v) is 7.12. The molecule has 0 saturated carbocycles. The monoisotopic (exact) mass is 538 g/mol. The van der Waals surface area contributed by atoms with Gasteiger partial charge in [0.2, 0.25) is 6.23 Å². The number of fused-ring (bicyclic) bond motifs is 4. The first-order valence-corrected chi connectivity index (χ1v) is 13.7. The van der Waals surface area contributed by atoms with Crippen LogP contribution in [0, 0.1) is 5.92 Å². The van der Waals surface area contributed by atoms with E-state index in [-0.39, 0.29) is 16.4 Å². The van der Waals surface area contributed by atoms with E-state index in [1.54, 1.807) is 4.90 Å². The van der Waals surface area contributed by atoms with E-state index in [1.807, 2.05) is 42.5 Å². The zero-order valence-electron chi connectivity index (χ0n) is 21.5. The van der Waals surface area contributed by atoms with Crippen LogP contribution in [0.15, 0.2) is 54.6 Å². The van der Waals surface area contributed by atoms with Crippen LogP contribution in [0.1, 0.15) is 35.6 Å². The van der Waals surface area contributed by atoms with Crippen molar-refractivity contribution in [1.29, 1.82) is 0 Å². The van der Waals surface area contributed by atoms with E-state index in [0.29, 0.717) is 39.0 Å². The minimum absolute atomic E-state index is 0.134. The third kappa shape index (κ3) is 4.50. The number of ether oxygens (including phenoxy) is 2. The second kappa shape index (κ2) is 10.2. The Morgan fingerprint density at radius 1 is 0.949 bits per heavy atom. The van der Waals surface area contributed by atoms with Gasteiger partial charge in [0.05, 0.1) is 25.1 Å². The van der Waals surface area contributed by atoms with Gasteiger partial charge in [0, 0.05) is 25.3 Å². The molecular formula is C29H34N2O8. The lowest BCUT2D eigenvalue weighted by atomic mass is 9.81. The Hall–Kier alpha value is -3.02. The Morgan fingerprint density at radius 2 is 1.64 bits per heavy atom. The summed E-state index contributed by atoms with van der Waals surface area (Å²) in [5, 5.41) is 43.0. The molecule has 5 aliphatic heterocycles. The SMILES string of the molecule is O=C([O-])C1OC([N+]23CCC(CC2)C(OC(=O)N2CCc4ccccc4C2c2ccccc2)C3)C(O)C(O)C1O. The molecule has 0 aromatic heterocycles. The quantitative estimate of drug-likeness (QED) is 0.460. The number of carboxylic acids is 1. The van der Waals surface area contributed by atoms with Gasteiger partial charge in [-0.3, -0.25) is 9.38 Å². The van der Waals surface area contributed by atoms with Gasteiger partial charge in [-0.2, -0.15) is 0 Å². The number of benzene rings is 2. The molecule has 1 amide bonds. The lowest BCUT2D eigenvalue weighted by molar-refractivity contribution is -0.993. The van der Waals surface area contributed by atoms with E-state index in [9.17, 15) is 30.0 Å². The van der Waals surface area contributed by atoms with Crippen LogP contribution in [0.2, 0.25) is 0 Å². The van der Waals surface area contributed by atoms with E-state index in [1.165, 1.54) is 5.56 Å². The van der Waals surface area contributed by atoms with Gasteiger partial charge >= 0.3 is 6.09 Å². The van der Waals surface area contributed by atoms with Crippen molar-refractivity contribution in [3.05, 3.63) is 71.3 Å². The first-order valence-electron chi connectivity index (χ1n) is 13.7. The molecule has 10 heteroatoms. The van der Waals surface area contributed by atoms with Gasteiger partial charge in [0.1, 0.15) is 24.9 Å². The minimum Gasteiger partial charge on any atom is -0.547 e. The Balaban J connectivity index is 1.24. The number of hydrogen-bond acceptors (Lipinski definition) is 8. The Labute approximate surface area is 226 Å². The van der Waals surface area contributed by atoms with Gasteiger partial charge in [-0.1, -0.05) is 54.6 Å². The summed E-state index contributed by atoms with van der Waals surface area (Å²) in [6.45, 7) is 1.98. The maximum atomic E-state index is 13.8. The van der Waals surface area contributed by atoms with E-state index in [2.05, 4.69) is 12.1 Å². The summed E-state index contributed by atoms with van der Waals surface area (Å²) in [5.41, 5.74) is 3.27. The lowest BCUT2D eigenvalue weighted by Gasteiger charge is -2.58. The lowest BCUT2D eigenvalue weighted by Crippen LogP contribution is -2.76. The number of aliphatic carboxylic acids is 1. The molecule has 0 spiro atoms. The second-order valence-corrected chi connectivity index (χ2v) is 11.3. The zero-order chi connectivity index (χ0) is 27.3. The molecule has 4 fully saturated rings. The summed E-state index contributed by atoms with van der Waals surface area (Å²) in [6.07, 6.45) is -6.61. The van der Waals surface area contributed by atoms with Crippen LogP contribution in [0.25, 0.3) is 0 Å². The Kier molecular flexibility index (Phi) is 6.84. The van der Waals surface area contributed by atoms with Gasteiger partial charge in [0.25, 0.3) is 0 Å². The molecule has 3 N–H and O–H groups in total. The predicted molar refractivity (Wildman–Crippen MR) is 135 cm³/mol. The Bertz CT molecular complexity index is 1220. The molecule has 5 heterocycles. The number of rotatable bonds is 4. The van der Waals surface area contributed by atoms with Gasteiger partial charge in [-0.25, -0.2) is 4.79 Å². The van der Waals surface area contributed by atoms with Crippen LogP contribution in [-0.4, -0.2) is 99.7 Å². The zero-order valence-corrected chi connectivity index (χ0v) is 21.5. The van der Waals surface area contributed by atoms with Crippen molar-refractivity contribution in [2.24, 2.45) is 5.92 Å². The summed E-state index contributed by atoms with van der Waals surface area (Å²) in [4.78, 5) is 27.1. The molecule has 10 nitrogen and oxygen atoms in total. The highest BCUT2D eigenvalue weighted by atomic mass is 16.6. The standard InChI is InChI=1S/C29H34N2O8/c32-23-24(33)26(28(35)36)39-27(25(23)34)31-14-11-18(12-15-31)21(16-31)38-29(37)30-13-10-17-6-4-5-9-20(17)22(30)19-7-2-1-3-8-19/h1-9,18,21-27,32-34H,10-16H2. The van der Waals surface area contributed by atoms with Crippen molar-refractivity contribution in [3.63, 3.8) is 0 Å². The highest BCUT2D eigenvalue weighted by Gasteiger charge is 2.59. The molecule has 0 radical (unpaired) electrons. The molecule has 5 aliphatic rings. The molecule has 39 heavy (non-hydrogen) atoms. The number of nitrogens with zero attached hydrogens (tertiary/aromatic N) is 2. The van der Waals surface area contributed by atoms with Crippen LogP contribution in [0.5, 0.6) is 0 Å². The molecule has 7 atom stereocenters. The normalized spacial score (nSPS) is 37.7. The number of hydrogen-bond donors (Lipinski definition) is 3. The third-order valence-electron chi connectivity index (χ3n) is 9.21. The largest absolute Gasteiger partial charge is 0.547 e. The van der Waals surface area contributed by atoms with E-state index < -0.39 is 48.8 Å². The maximum absolute atomic E-state index is 13.8. The Morgan fingerprint density at radius 3 is 2.36 bits per heavy atom. The molecule has 7 rings (SSSR count). The van der Waals surface area contributed by atoms with Crippen LogP contribution in [0.4, 0.5) is 4.79 Å². The topological polar surface area (TPSA) is 140 Å². The van der Waals surface area contributed by atoms with Crippen LogP contribution in [-0.2, 0) is 20.7 Å². The van der Waals surface area contributed by atoms with Crippen molar-refractivity contribution in [2.45, 2.75) is 62.1 Å². The highest BCUT2D eigenvalue weighted by Crippen LogP contribution is 2.42.